The molecule has 2 aliphatic rings. The minimum atomic E-state index is -0.918. The minimum Gasteiger partial charge on any atom is -0.480 e. The van der Waals surface area contributed by atoms with Crippen LogP contribution in [0.15, 0.2) is 0 Å². The van der Waals surface area contributed by atoms with Crippen LogP contribution < -0.4 is 5.32 Å². The molecule has 0 radical (unpaired) electrons. The van der Waals surface area contributed by atoms with Gasteiger partial charge in [0.05, 0.1) is 5.88 Å². The van der Waals surface area contributed by atoms with Gasteiger partial charge in [0.2, 0.25) is 0 Å². The van der Waals surface area contributed by atoms with Crippen LogP contribution in [-0.4, -0.2) is 70.8 Å². The Hall–Kier alpha value is -0.950. The lowest BCUT2D eigenvalue weighted by molar-refractivity contribution is -0.140. The maximum atomic E-state index is 12.0. The summed E-state index contributed by atoms with van der Waals surface area (Å²) >= 11 is 1.49. The Kier molecular flexibility index (Phi) is 4.34. The van der Waals surface area contributed by atoms with E-state index in [0.717, 1.165) is 25.9 Å². The molecule has 1 atom stereocenters. The van der Waals surface area contributed by atoms with Gasteiger partial charge >= 0.3 is 12.0 Å². The van der Waals surface area contributed by atoms with Gasteiger partial charge in [0, 0.05) is 11.8 Å². The van der Waals surface area contributed by atoms with Crippen LogP contribution in [0.2, 0.25) is 0 Å². The summed E-state index contributed by atoms with van der Waals surface area (Å²) in [6.07, 6.45) is 1.86. The fourth-order valence-corrected chi connectivity index (χ4v) is 3.40. The number of hydrogen-bond donors (Lipinski definition) is 2. The number of nitrogens with one attached hydrogen (secondary N) is 1. The lowest BCUT2D eigenvalue weighted by Crippen LogP contribution is -2.51. The fourth-order valence-electron chi connectivity index (χ4n) is 2.26. The van der Waals surface area contributed by atoms with Crippen molar-refractivity contribution in [1.82, 2.24) is 15.1 Å². The second-order valence-corrected chi connectivity index (χ2v) is 5.85. The van der Waals surface area contributed by atoms with Crippen molar-refractivity contribution >= 4 is 23.8 Å². The molecular weight excluding hydrogens is 254 g/mol. The van der Waals surface area contributed by atoms with Crippen molar-refractivity contribution < 1.29 is 14.7 Å². The number of hydrogen-bond acceptors (Lipinski definition) is 4. The Morgan fingerprint density at radius 3 is 2.61 bits per heavy atom. The highest BCUT2D eigenvalue weighted by Gasteiger charge is 2.35. The highest BCUT2D eigenvalue weighted by atomic mass is 32.2. The Balaban J connectivity index is 1.86. The van der Waals surface area contributed by atoms with Crippen molar-refractivity contribution in [3.8, 4) is 0 Å². The van der Waals surface area contributed by atoms with Crippen LogP contribution in [0.1, 0.15) is 12.8 Å². The van der Waals surface area contributed by atoms with Crippen LogP contribution in [0.25, 0.3) is 0 Å². The predicted octanol–water partition coefficient (Wildman–Crippen LogP) is 0.250. The van der Waals surface area contributed by atoms with Gasteiger partial charge in [-0.2, -0.15) is 0 Å². The zero-order valence-corrected chi connectivity index (χ0v) is 11.3. The lowest BCUT2D eigenvalue weighted by atomic mass is 10.1. The van der Waals surface area contributed by atoms with E-state index >= 15 is 0 Å². The molecule has 0 saturated carbocycles. The van der Waals surface area contributed by atoms with E-state index < -0.39 is 12.0 Å². The molecule has 2 fully saturated rings. The molecule has 2 heterocycles. The van der Waals surface area contributed by atoms with Crippen molar-refractivity contribution in [1.29, 1.82) is 0 Å². The summed E-state index contributed by atoms with van der Waals surface area (Å²) in [6.45, 7) is 1.95. The molecule has 18 heavy (non-hydrogen) atoms. The van der Waals surface area contributed by atoms with E-state index in [1.807, 2.05) is 0 Å². The van der Waals surface area contributed by atoms with Crippen LogP contribution in [0.4, 0.5) is 4.79 Å². The van der Waals surface area contributed by atoms with Crippen LogP contribution in [0, 0.1) is 0 Å². The number of urea groups is 1. The number of piperidine rings is 1. The topological polar surface area (TPSA) is 72.9 Å². The van der Waals surface area contributed by atoms with Crippen molar-refractivity contribution in [2.24, 2.45) is 0 Å². The van der Waals surface area contributed by atoms with E-state index in [9.17, 15) is 9.59 Å². The van der Waals surface area contributed by atoms with Gasteiger partial charge in [-0.05, 0) is 33.0 Å². The number of aliphatic carboxylic acids is 1. The first kappa shape index (κ1) is 13.5. The average Bonchev–Trinajstić information content (AvgIpc) is 2.81. The zero-order chi connectivity index (χ0) is 13.1. The maximum Gasteiger partial charge on any atom is 0.327 e. The Morgan fingerprint density at radius 1 is 1.33 bits per heavy atom. The third-order valence-electron chi connectivity index (χ3n) is 3.47. The average molecular weight is 273 g/mol. The molecule has 0 bridgehead atoms. The molecule has 0 aromatic heterocycles. The molecule has 2 aliphatic heterocycles. The molecule has 2 rings (SSSR count). The Labute approximate surface area is 111 Å². The minimum absolute atomic E-state index is 0.175. The van der Waals surface area contributed by atoms with Crippen LogP contribution in [0.5, 0.6) is 0 Å². The van der Waals surface area contributed by atoms with Gasteiger partial charge < -0.3 is 20.2 Å². The summed E-state index contributed by atoms with van der Waals surface area (Å²) < 4.78 is 0. The summed E-state index contributed by atoms with van der Waals surface area (Å²) in [4.78, 5) is 26.7. The second-order valence-electron chi connectivity index (χ2n) is 4.85. The number of carbonyl (C=O) groups excluding carboxylic acids is 1. The standard InChI is InChI=1S/C11H19N3O3S/c1-13-4-2-8(3-5-13)12-11(17)14-7-18-6-9(14)10(15)16/h8-9H,2-7H2,1H3,(H,12,17)(H,15,16). The van der Waals surface area contributed by atoms with Crippen LogP contribution in [-0.2, 0) is 4.79 Å². The largest absolute Gasteiger partial charge is 0.480 e. The lowest BCUT2D eigenvalue weighted by Gasteiger charge is -2.31. The van der Waals surface area contributed by atoms with E-state index in [0.29, 0.717) is 11.6 Å². The highest BCUT2D eigenvalue weighted by Crippen LogP contribution is 2.21. The summed E-state index contributed by atoms with van der Waals surface area (Å²) in [7, 11) is 2.07. The predicted molar refractivity (Wildman–Crippen MR) is 69.6 cm³/mol. The van der Waals surface area contributed by atoms with Gasteiger partial charge in [-0.15, -0.1) is 11.8 Å². The molecule has 102 valence electrons. The van der Waals surface area contributed by atoms with Gasteiger partial charge in [-0.3, -0.25) is 0 Å². The molecule has 2 amide bonds. The molecule has 0 spiro atoms. The number of amides is 2. The molecule has 2 N–H and O–H groups in total. The summed E-state index contributed by atoms with van der Waals surface area (Å²) in [6, 6.07) is -0.739. The third-order valence-corrected chi connectivity index (χ3v) is 4.49. The van der Waals surface area contributed by atoms with Crippen LogP contribution >= 0.6 is 11.8 Å². The number of carboxylic acids is 1. The fraction of sp³-hybridized carbons (Fsp3) is 0.818. The van der Waals surface area contributed by atoms with Gasteiger partial charge in [0.15, 0.2) is 0 Å². The summed E-state index contributed by atoms with van der Waals surface area (Å²) in [5, 5.41) is 12.0. The quantitative estimate of drug-likeness (QED) is 0.754. The molecule has 1 unspecified atom stereocenters. The number of carboxylic acid groups (broad SMARTS) is 1. The van der Waals surface area contributed by atoms with E-state index in [4.69, 9.17) is 5.11 Å². The maximum absolute atomic E-state index is 12.0. The highest BCUT2D eigenvalue weighted by molar-refractivity contribution is 7.99. The van der Waals surface area contributed by atoms with E-state index in [-0.39, 0.29) is 12.1 Å². The third kappa shape index (κ3) is 3.08. The monoisotopic (exact) mass is 273 g/mol. The smallest absolute Gasteiger partial charge is 0.327 e. The van der Waals surface area contributed by atoms with E-state index in [1.54, 1.807) is 0 Å². The molecule has 0 aliphatic carbocycles. The zero-order valence-electron chi connectivity index (χ0n) is 10.5. The summed E-state index contributed by atoms with van der Waals surface area (Å²) in [5.74, 6) is 0.0320. The number of carbonyl (C=O) groups is 2. The van der Waals surface area contributed by atoms with Crippen molar-refractivity contribution in [2.75, 3.05) is 31.8 Å². The Bertz CT molecular complexity index is 331. The molecule has 0 aromatic carbocycles. The van der Waals surface area contributed by atoms with Gasteiger partial charge in [-0.1, -0.05) is 0 Å². The molecule has 2 saturated heterocycles. The van der Waals surface area contributed by atoms with E-state index in [1.165, 1.54) is 16.7 Å². The molecular formula is C11H19N3O3S. The van der Waals surface area contributed by atoms with Crippen molar-refractivity contribution in [3.05, 3.63) is 0 Å². The summed E-state index contributed by atoms with van der Waals surface area (Å²) in [5.41, 5.74) is 0. The SMILES string of the molecule is CN1CCC(NC(=O)N2CSCC2C(=O)O)CC1. The second kappa shape index (κ2) is 5.79. The van der Waals surface area contributed by atoms with Gasteiger partial charge in [-0.25, -0.2) is 9.59 Å². The van der Waals surface area contributed by atoms with Crippen molar-refractivity contribution in [3.63, 3.8) is 0 Å². The Morgan fingerprint density at radius 2 is 2.00 bits per heavy atom. The van der Waals surface area contributed by atoms with E-state index in [2.05, 4.69) is 17.3 Å². The number of thioether (sulfide) groups is 1. The first-order chi connectivity index (χ1) is 8.58. The molecule has 7 heteroatoms. The van der Waals surface area contributed by atoms with Crippen molar-refractivity contribution in [2.45, 2.75) is 24.9 Å². The normalized spacial score (nSPS) is 26.3. The van der Waals surface area contributed by atoms with Gasteiger partial charge in [0.1, 0.15) is 6.04 Å². The molecule has 0 aromatic rings. The first-order valence-electron chi connectivity index (χ1n) is 6.14. The number of rotatable bonds is 2. The number of nitrogens with zero attached hydrogens (tertiary/aromatic N) is 2. The molecule has 6 nitrogen and oxygen atoms in total. The number of likely N-dealkylation sites (tertiary alicyclic amines) is 1. The first-order valence-corrected chi connectivity index (χ1v) is 7.29. The van der Waals surface area contributed by atoms with Crippen LogP contribution in [0.3, 0.4) is 0 Å². The van der Waals surface area contributed by atoms with Gasteiger partial charge in [0.25, 0.3) is 0 Å².